The number of hydrogen-bond donors (Lipinski definition) is 3. The van der Waals surface area contributed by atoms with Gasteiger partial charge in [-0.2, -0.15) is 0 Å². The summed E-state index contributed by atoms with van der Waals surface area (Å²) in [5, 5.41) is 14.9. The number of aliphatic hydroxyl groups excluding tert-OH is 1. The van der Waals surface area contributed by atoms with Crippen LogP contribution in [0, 0.1) is 6.92 Å². The molecule has 0 saturated carbocycles. The minimum Gasteiger partial charge on any atom is -0.467 e. The lowest BCUT2D eigenvalue weighted by Crippen LogP contribution is -2.32. The first-order chi connectivity index (χ1) is 9.56. The zero-order valence-electron chi connectivity index (χ0n) is 10.8. The molecule has 2 aromatic rings. The predicted octanol–water partition coefficient (Wildman–Crippen LogP) is 2.60. The Bertz CT molecular complexity index is 587. The molecule has 0 spiro atoms. The lowest BCUT2D eigenvalue weighted by molar-refractivity contribution is 0.149. The van der Waals surface area contributed by atoms with Crippen molar-refractivity contribution in [1.82, 2.24) is 10.3 Å². The summed E-state index contributed by atoms with van der Waals surface area (Å²) in [5.74, 6) is 0.846. The van der Waals surface area contributed by atoms with Crippen molar-refractivity contribution in [2.45, 2.75) is 13.0 Å². The number of nitrogens with zero attached hydrogens (tertiary/aromatic N) is 1. The molecule has 1 atom stereocenters. The smallest absolute Gasteiger partial charge is 0.320 e. The average molecular weight is 340 g/mol. The van der Waals surface area contributed by atoms with Crippen LogP contribution in [0.4, 0.5) is 10.6 Å². The zero-order valence-corrected chi connectivity index (χ0v) is 12.3. The number of aromatic nitrogens is 1. The summed E-state index contributed by atoms with van der Waals surface area (Å²) in [4.78, 5) is 15.9. The van der Waals surface area contributed by atoms with Gasteiger partial charge in [0.15, 0.2) is 0 Å². The number of rotatable bonds is 4. The number of pyridine rings is 1. The zero-order chi connectivity index (χ0) is 14.5. The number of nitrogens with one attached hydrogen (secondary N) is 2. The van der Waals surface area contributed by atoms with Crippen LogP contribution in [-0.2, 0) is 0 Å². The number of anilines is 1. The van der Waals surface area contributed by atoms with Crippen molar-refractivity contribution < 1.29 is 14.3 Å². The Morgan fingerprint density at radius 3 is 2.95 bits per heavy atom. The van der Waals surface area contributed by atoms with E-state index in [0.717, 1.165) is 10.2 Å². The van der Waals surface area contributed by atoms with Gasteiger partial charge in [0.2, 0.25) is 0 Å². The molecule has 0 fully saturated rings. The standard InChI is InChI=1S/C13H14BrN3O3/c1-8-9(14)4-5-12(16-8)17-13(19)15-7-10(18)11-3-2-6-20-11/h2-6,10,18H,7H2,1H3,(H2,15,16,17,19)/t10-/m1/s1. The summed E-state index contributed by atoms with van der Waals surface area (Å²) in [6.07, 6.45) is 0.586. The van der Waals surface area contributed by atoms with Crippen LogP contribution < -0.4 is 10.6 Å². The van der Waals surface area contributed by atoms with E-state index in [0.29, 0.717) is 11.6 Å². The van der Waals surface area contributed by atoms with Crippen LogP contribution in [0.5, 0.6) is 0 Å². The van der Waals surface area contributed by atoms with Gasteiger partial charge in [0.05, 0.1) is 18.5 Å². The number of carbonyl (C=O) groups excluding carboxylic acids is 1. The van der Waals surface area contributed by atoms with Gasteiger partial charge in [0.1, 0.15) is 17.7 Å². The number of carbonyl (C=O) groups is 1. The Morgan fingerprint density at radius 1 is 1.50 bits per heavy atom. The third-order valence-electron chi connectivity index (χ3n) is 2.59. The molecule has 0 aromatic carbocycles. The van der Waals surface area contributed by atoms with Crippen LogP contribution in [0.3, 0.4) is 0 Å². The Hall–Kier alpha value is -1.86. The van der Waals surface area contributed by atoms with Crippen LogP contribution in [-0.4, -0.2) is 22.7 Å². The maximum Gasteiger partial charge on any atom is 0.320 e. The van der Waals surface area contributed by atoms with Gasteiger partial charge in [0.25, 0.3) is 0 Å². The molecule has 0 aliphatic carbocycles. The van der Waals surface area contributed by atoms with Gasteiger partial charge in [-0.25, -0.2) is 9.78 Å². The molecule has 0 unspecified atom stereocenters. The highest BCUT2D eigenvalue weighted by Gasteiger charge is 2.12. The third-order valence-corrected chi connectivity index (χ3v) is 3.43. The van der Waals surface area contributed by atoms with Crippen molar-refractivity contribution in [3.63, 3.8) is 0 Å². The fourth-order valence-corrected chi connectivity index (χ4v) is 1.77. The molecule has 0 saturated heterocycles. The summed E-state index contributed by atoms with van der Waals surface area (Å²) in [6, 6.07) is 6.36. The highest BCUT2D eigenvalue weighted by molar-refractivity contribution is 9.10. The van der Waals surface area contributed by atoms with Crippen molar-refractivity contribution in [3.8, 4) is 0 Å². The summed E-state index contributed by atoms with van der Waals surface area (Å²) in [6.45, 7) is 1.88. The second-order valence-corrected chi connectivity index (χ2v) is 4.98. The van der Waals surface area contributed by atoms with E-state index in [1.165, 1.54) is 6.26 Å². The Labute approximate surface area is 124 Å². The minimum atomic E-state index is -0.879. The molecule has 106 valence electrons. The maximum atomic E-state index is 11.7. The van der Waals surface area contributed by atoms with Gasteiger partial charge in [-0.3, -0.25) is 5.32 Å². The van der Waals surface area contributed by atoms with Crippen LogP contribution in [0.2, 0.25) is 0 Å². The number of urea groups is 1. The fraction of sp³-hybridized carbons (Fsp3) is 0.231. The topological polar surface area (TPSA) is 87.4 Å². The van der Waals surface area contributed by atoms with Crippen LogP contribution in [0.1, 0.15) is 17.6 Å². The normalized spacial score (nSPS) is 11.9. The molecular weight excluding hydrogens is 326 g/mol. The van der Waals surface area contributed by atoms with Gasteiger partial charge in [0, 0.05) is 4.47 Å². The second-order valence-electron chi connectivity index (χ2n) is 4.13. The van der Waals surface area contributed by atoms with Crippen LogP contribution in [0.15, 0.2) is 39.4 Å². The van der Waals surface area contributed by atoms with E-state index in [9.17, 15) is 9.90 Å². The molecule has 2 heterocycles. The van der Waals surface area contributed by atoms with Gasteiger partial charge >= 0.3 is 6.03 Å². The maximum absolute atomic E-state index is 11.7. The van der Waals surface area contributed by atoms with Crippen molar-refractivity contribution in [2.24, 2.45) is 0 Å². The van der Waals surface area contributed by atoms with E-state index >= 15 is 0 Å². The lowest BCUT2D eigenvalue weighted by atomic mass is 10.3. The molecule has 0 radical (unpaired) electrons. The summed E-state index contributed by atoms with van der Waals surface area (Å²) in [5.41, 5.74) is 0.776. The first-order valence-corrected chi connectivity index (χ1v) is 6.75. The van der Waals surface area contributed by atoms with E-state index in [-0.39, 0.29) is 6.54 Å². The first-order valence-electron chi connectivity index (χ1n) is 5.95. The van der Waals surface area contributed by atoms with E-state index in [4.69, 9.17) is 4.42 Å². The number of hydrogen-bond acceptors (Lipinski definition) is 4. The Balaban J connectivity index is 1.85. The second kappa shape index (κ2) is 6.53. The number of halogens is 1. The monoisotopic (exact) mass is 339 g/mol. The molecule has 2 aromatic heterocycles. The molecule has 2 rings (SSSR count). The number of furan rings is 1. The lowest BCUT2D eigenvalue weighted by Gasteiger charge is -2.10. The first kappa shape index (κ1) is 14.5. The fourth-order valence-electron chi connectivity index (χ4n) is 1.55. The van der Waals surface area contributed by atoms with E-state index in [1.807, 2.05) is 6.92 Å². The van der Waals surface area contributed by atoms with Crippen LogP contribution in [0.25, 0.3) is 0 Å². The molecule has 6 nitrogen and oxygen atoms in total. The SMILES string of the molecule is Cc1nc(NC(=O)NC[C@@H](O)c2ccco2)ccc1Br. The van der Waals surface area contributed by atoms with E-state index in [2.05, 4.69) is 31.5 Å². The molecule has 7 heteroatoms. The van der Waals surface area contributed by atoms with Gasteiger partial charge in [-0.05, 0) is 47.1 Å². The van der Waals surface area contributed by atoms with E-state index in [1.54, 1.807) is 24.3 Å². The minimum absolute atomic E-state index is 0.0505. The van der Waals surface area contributed by atoms with Gasteiger partial charge in [-0.15, -0.1) is 0 Å². The van der Waals surface area contributed by atoms with Crippen molar-refractivity contribution in [1.29, 1.82) is 0 Å². The molecule has 3 N–H and O–H groups in total. The molecule has 0 aliphatic rings. The third kappa shape index (κ3) is 3.82. The summed E-state index contributed by atoms with van der Waals surface area (Å²) >= 11 is 3.33. The van der Waals surface area contributed by atoms with Gasteiger partial charge < -0.3 is 14.8 Å². The highest BCUT2D eigenvalue weighted by Crippen LogP contribution is 2.16. The molecule has 20 heavy (non-hydrogen) atoms. The van der Waals surface area contributed by atoms with Crippen LogP contribution >= 0.6 is 15.9 Å². The van der Waals surface area contributed by atoms with Crippen molar-refractivity contribution >= 4 is 27.8 Å². The predicted molar refractivity (Wildman–Crippen MR) is 77.4 cm³/mol. The number of aryl methyl sites for hydroxylation is 1. The molecule has 0 bridgehead atoms. The summed E-state index contributed by atoms with van der Waals surface area (Å²) in [7, 11) is 0. The number of aliphatic hydroxyl groups is 1. The Morgan fingerprint density at radius 2 is 2.30 bits per heavy atom. The molecule has 2 amide bonds. The number of amides is 2. The average Bonchev–Trinajstić information content (AvgIpc) is 2.94. The van der Waals surface area contributed by atoms with Crippen molar-refractivity contribution in [2.75, 3.05) is 11.9 Å². The van der Waals surface area contributed by atoms with Gasteiger partial charge in [-0.1, -0.05) is 0 Å². The Kier molecular flexibility index (Phi) is 4.75. The highest BCUT2D eigenvalue weighted by atomic mass is 79.9. The molecular formula is C13H14BrN3O3. The largest absolute Gasteiger partial charge is 0.467 e. The quantitative estimate of drug-likeness (QED) is 0.798. The summed E-state index contributed by atoms with van der Waals surface area (Å²) < 4.78 is 5.91. The van der Waals surface area contributed by atoms with E-state index < -0.39 is 12.1 Å². The molecule has 0 aliphatic heterocycles. The van der Waals surface area contributed by atoms with Crippen molar-refractivity contribution in [3.05, 3.63) is 46.5 Å².